The molecule has 1 heterocycles. The second-order valence-electron chi connectivity index (χ2n) is 8.14. The Labute approximate surface area is 136 Å². The van der Waals surface area contributed by atoms with Crippen LogP contribution in [0.4, 0.5) is 0 Å². The molecule has 122 valence electrons. The van der Waals surface area contributed by atoms with E-state index in [0.29, 0.717) is 17.0 Å². The van der Waals surface area contributed by atoms with Crippen LogP contribution in [-0.2, 0) is 9.59 Å². The molecule has 0 aromatic heterocycles. The summed E-state index contributed by atoms with van der Waals surface area (Å²) in [4.78, 5) is 25.6. The lowest BCUT2D eigenvalue weighted by Gasteiger charge is -2.59. The molecular weight excluding hydrogens is 296 g/mol. The number of nitrogens with zero attached hydrogens (tertiary/aromatic N) is 1. The monoisotopic (exact) mass is 322 g/mol. The van der Waals surface area contributed by atoms with Gasteiger partial charge in [0.2, 0.25) is 11.8 Å². The summed E-state index contributed by atoms with van der Waals surface area (Å²) < 4.78 is 0. The van der Waals surface area contributed by atoms with E-state index in [1.54, 1.807) is 16.7 Å². The van der Waals surface area contributed by atoms with Crippen molar-refractivity contribution in [2.45, 2.75) is 51.5 Å². The summed E-state index contributed by atoms with van der Waals surface area (Å²) >= 11 is 1.59. The van der Waals surface area contributed by atoms with Gasteiger partial charge >= 0.3 is 0 Å². The van der Waals surface area contributed by atoms with E-state index >= 15 is 0 Å². The number of carbonyl (C=O) groups excluding carboxylic acids is 2. The highest BCUT2D eigenvalue weighted by Crippen LogP contribution is 2.61. The maximum Gasteiger partial charge on any atom is 0.239 e. The minimum atomic E-state index is 0.0269. The van der Waals surface area contributed by atoms with Crippen molar-refractivity contribution in [1.29, 1.82) is 0 Å². The van der Waals surface area contributed by atoms with Crippen LogP contribution in [0.15, 0.2) is 0 Å². The fourth-order valence-corrected chi connectivity index (χ4v) is 6.77. The zero-order valence-corrected chi connectivity index (χ0v) is 14.2. The predicted molar refractivity (Wildman–Crippen MR) is 87.2 cm³/mol. The average Bonchev–Trinajstić information content (AvgIpc) is 2.82. The molecule has 22 heavy (non-hydrogen) atoms. The van der Waals surface area contributed by atoms with Crippen molar-refractivity contribution in [1.82, 2.24) is 10.2 Å². The van der Waals surface area contributed by atoms with Crippen molar-refractivity contribution in [2.75, 3.05) is 18.2 Å². The number of carbonyl (C=O) groups is 2. The highest BCUT2D eigenvalue weighted by molar-refractivity contribution is 8.00. The molecule has 4 nitrogen and oxygen atoms in total. The summed E-state index contributed by atoms with van der Waals surface area (Å²) in [5.41, 5.74) is 0.341. The van der Waals surface area contributed by atoms with Gasteiger partial charge in [-0.1, -0.05) is 0 Å². The van der Waals surface area contributed by atoms with Crippen LogP contribution >= 0.6 is 11.8 Å². The Morgan fingerprint density at radius 1 is 1.27 bits per heavy atom. The Morgan fingerprint density at radius 3 is 2.36 bits per heavy atom. The van der Waals surface area contributed by atoms with E-state index in [-0.39, 0.29) is 24.4 Å². The minimum absolute atomic E-state index is 0.0269. The molecule has 2 amide bonds. The van der Waals surface area contributed by atoms with Gasteiger partial charge in [0.25, 0.3) is 0 Å². The van der Waals surface area contributed by atoms with Crippen molar-refractivity contribution < 1.29 is 9.59 Å². The van der Waals surface area contributed by atoms with E-state index in [9.17, 15) is 9.59 Å². The Bertz CT molecular complexity index is 458. The average molecular weight is 322 g/mol. The van der Waals surface area contributed by atoms with E-state index in [2.05, 4.69) is 12.2 Å². The van der Waals surface area contributed by atoms with Crippen LogP contribution in [0.25, 0.3) is 0 Å². The molecule has 1 atom stereocenters. The third-order valence-corrected chi connectivity index (χ3v) is 7.49. The number of hydrogen-bond acceptors (Lipinski definition) is 3. The van der Waals surface area contributed by atoms with Crippen molar-refractivity contribution >= 4 is 23.6 Å². The highest BCUT2D eigenvalue weighted by atomic mass is 32.2. The third kappa shape index (κ3) is 2.55. The van der Waals surface area contributed by atoms with E-state index in [1.807, 2.05) is 0 Å². The fraction of sp³-hybridized carbons (Fsp3) is 0.882. The molecule has 0 aromatic rings. The third-order valence-electron chi connectivity index (χ3n) is 6.54. The van der Waals surface area contributed by atoms with E-state index in [1.165, 1.54) is 38.5 Å². The van der Waals surface area contributed by atoms with Crippen LogP contribution in [0.2, 0.25) is 0 Å². The molecule has 1 saturated heterocycles. The molecule has 0 radical (unpaired) electrons. The van der Waals surface area contributed by atoms with Gasteiger partial charge in [-0.3, -0.25) is 9.59 Å². The number of amides is 2. The largest absolute Gasteiger partial charge is 0.352 e. The second kappa shape index (κ2) is 5.43. The summed E-state index contributed by atoms with van der Waals surface area (Å²) in [7, 11) is 0. The van der Waals surface area contributed by atoms with Gasteiger partial charge < -0.3 is 10.2 Å². The van der Waals surface area contributed by atoms with Crippen LogP contribution in [-0.4, -0.2) is 40.9 Å². The summed E-state index contributed by atoms with van der Waals surface area (Å²) in [6.07, 6.45) is 8.20. The Balaban J connectivity index is 1.38. The molecule has 5 fully saturated rings. The van der Waals surface area contributed by atoms with Gasteiger partial charge in [-0.15, -0.1) is 11.8 Å². The van der Waals surface area contributed by atoms with Crippen molar-refractivity contribution in [3.8, 4) is 0 Å². The van der Waals surface area contributed by atoms with Gasteiger partial charge in [0, 0.05) is 6.04 Å². The first-order valence-electron chi connectivity index (χ1n) is 8.69. The molecule has 4 saturated carbocycles. The second-order valence-corrected chi connectivity index (χ2v) is 9.09. The lowest BCUT2D eigenvalue weighted by atomic mass is 9.48. The quantitative estimate of drug-likeness (QED) is 0.863. The maximum atomic E-state index is 12.3. The number of nitrogens with one attached hydrogen (secondary N) is 1. The first kappa shape index (κ1) is 14.9. The van der Waals surface area contributed by atoms with E-state index in [4.69, 9.17) is 0 Å². The Kier molecular flexibility index (Phi) is 3.67. The number of hydrogen-bond donors (Lipinski definition) is 1. The van der Waals surface area contributed by atoms with Crippen LogP contribution in [0.3, 0.4) is 0 Å². The first-order valence-corrected chi connectivity index (χ1v) is 9.84. The lowest BCUT2D eigenvalue weighted by Crippen LogP contribution is -2.56. The molecule has 0 spiro atoms. The molecule has 0 aromatic carbocycles. The molecule has 5 aliphatic rings. The molecular formula is C17H26N2O2S. The van der Waals surface area contributed by atoms with E-state index in [0.717, 1.165) is 17.8 Å². The summed E-state index contributed by atoms with van der Waals surface area (Å²) in [5, 5.41) is 3.24. The molecule has 5 heteroatoms. The van der Waals surface area contributed by atoms with Gasteiger partial charge in [0.1, 0.15) is 6.54 Å². The SMILES string of the molecule is C[C@@H](NC(=O)CN1CSCC1=O)C12CC3CC(CC(C3)C1)C2. The van der Waals surface area contributed by atoms with Gasteiger partial charge in [0.15, 0.2) is 0 Å². The molecule has 4 bridgehead atoms. The first-order chi connectivity index (χ1) is 10.5. The minimum Gasteiger partial charge on any atom is -0.352 e. The fourth-order valence-electron chi connectivity index (χ4n) is 5.86. The Hall–Kier alpha value is -0.710. The predicted octanol–water partition coefficient (Wildman–Crippen LogP) is 2.24. The zero-order valence-electron chi connectivity index (χ0n) is 13.3. The van der Waals surface area contributed by atoms with Gasteiger partial charge in [-0.05, 0) is 68.6 Å². The van der Waals surface area contributed by atoms with Gasteiger partial charge in [0.05, 0.1) is 11.6 Å². The van der Waals surface area contributed by atoms with Crippen LogP contribution in [0, 0.1) is 23.2 Å². The zero-order chi connectivity index (χ0) is 15.3. The number of thioether (sulfide) groups is 1. The van der Waals surface area contributed by atoms with Crippen LogP contribution in [0.5, 0.6) is 0 Å². The van der Waals surface area contributed by atoms with Crippen molar-refractivity contribution in [3.05, 3.63) is 0 Å². The van der Waals surface area contributed by atoms with E-state index < -0.39 is 0 Å². The maximum absolute atomic E-state index is 12.3. The van der Waals surface area contributed by atoms with Crippen LogP contribution < -0.4 is 5.32 Å². The molecule has 0 unspecified atom stereocenters. The Morgan fingerprint density at radius 2 is 1.86 bits per heavy atom. The molecule has 5 rings (SSSR count). The highest BCUT2D eigenvalue weighted by Gasteiger charge is 2.53. The summed E-state index contributed by atoms with van der Waals surface area (Å²) in [5.74, 6) is 4.03. The smallest absolute Gasteiger partial charge is 0.239 e. The molecule has 1 N–H and O–H groups in total. The number of rotatable bonds is 4. The van der Waals surface area contributed by atoms with Gasteiger partial charge in [-0.2, -0.15) is 0 Å². The molecule has 4 aliphatic carbocycles. The standard InChI is InChI=1S/C17H26N2O2S/c1-11(18-15(20)8-19-10-22-9-16(19)21)17-5-12-2-13(6-17)4-14(3-12)7-17/h11-14H,2-10H2,1H3,(H,18,20)/t11-,12?,13?,14?,17?/m1/s1. The van der Waals surface area contributed by atoms with Crippen LogP contribution in [0.1, 0.15) is 45.4 Å². The van der Waals surface area contributed by atoms with Crippen molar-refractivity contribution in [3.63, 3.8) is 0 Å². The topological polar surface area (TPSA) is 49.4 Å². The normalized spacial score (nSPS) is 41.0. The molecule has 1 aliphatic heterocycles. The van der Waals surface area contributed by atoms with Gasteiger partial charge in [-0.25, -0.2) is 0 Å². The summed E-state index contributed by atoms with van der Waals surface area (Å²) in [6.45, 7) is 2.44. The summed E-state index contributed by atoms with van der Waals surface area (Å²) in [6, 6.07) is 0.249. The lowest BCUT2D eigenvalue weighted by molar-refractivity contribution is -0.134. The van der Waals surface area contributed by atoms with Crippen molar-refractivity contribution in [2.24, 2.45) is 23.2 Å².